The third kappa shape index (κ3) is 7.30. The minimum Gasteiger partial charge on any atom is -0.497 e. The van der Waals surface area contributed by atoms with Crippen LogP contribution in [0, 0.1) is 0 Å². The number of nitrogens with one attached hydrogen (secondary N) is 1. The van der Waals surface area contributed by atoms with Crippen LogP contribution < -0.4 is 10.1 Å². The van der Waals surface area contributed by atoms with E-state index >= 15 is 0 Å². The zero-order chi connectivity index (χ0) is 22.8. The number of ether oxygens (including phenoxy) is 1. The van der Waals surface area contributed by atoms with Gasteiger partial charge in [0.1, 0.15) is 11.8 Å². The molecule has 2 amide bonds. The lowest BCUT2D eigenvalue weighted by atomic mass is 10.1. The van der Waals surface area contributed by atoms with Crippen LogP contribution in [0.2, 0.25) is 0 Å². The smallest absolute Gasteiger partial charge is 0.242 e. The summed E-state index contributed by atoms with van der Waals surface area (Å²) in [6.07, 6.45) is 4.79. The van der Waals surface area contributed by atoms with E-state index in [4.69, 9.17) is 4.74 Å². The Morgan fingerprint density at radius 2 is 1.75 bits per heavy atom. The molecule has 1 aliphatic rings. The van der Waals surface area contributed by atoms with Crippen molar-refractivity contribution in [1.29, 1.82) is 0 Å². The molecular formula is C26H34N2O3S. The van der Waals surface area contributed by atoms with Crippen LogP contribution >= 0.6 is 11.8 Å². The summed E-state index contributed by atoms with van der Waals surface area (Å²) in [6, 6.07) is 17.7. The second-order valence-corrected chi connectivity index (χ2v) is 9.43. The SMILES string of the molecule is COc1ccc(CN(C(=O)CCSCc2ccccc2)C(C)C(=O)NC2CCCC2)cc1. The molecule has 3 rings (SSSR count). The van der Waals surface area contributed by atoms with Crippen molar-refractivity contribution in [2.45, 2.75) is 63.4 Å². The summed E-state index contributed by atoms with van der Waals surface area (Å²) in [4.78, 5) is 27.8. The fourth-order valence-electron chi connectivity index (χ4n) is 3.97. The minimum absolute atomic E-state index is 0.00968. The second-order valence-electron chi connectivity index (χ2n) is 8.32. The van der Waals surface area contributed by atoms with Gasteiger partial charge in [0.15, 0.2) is 0 Å². The maximum absolute atomic E-state index is 13.2. The molecule has 1 saturated carbocycles. The molecule has 1 aliphatic carbocycles. The highest BCUT2D eigenvalue weighted by Gasteiger charge is 2.28. The van der Waals surface area contributed by atoms with Crippen molar-refractivity contribution in [1.82, 2.24) is 10.2 Å². The van der Waals surface area contributed by atoms with Crippen LogP contribution in [0.1, 0.15) is 50.2 Å². The van der Waals surface area contributed by atoms with Crippen LogP contribution in [0.3, 0.4) is 0 Å². The highest BCUT2D eigenvalue weighted by molar-refractivity contribution is 7.98. The standard InChI is InChI=1S/C26H34N2O3S/c1-20(26(30)27-23-10-6-7-11-23)28(18-21-12-14-24(31-2)15-13-21)25(29)16-17-32-19-22-8-4-3-5-9-22/h3-5,8-9,12-15,20,23H,6-7,10-11,16-19H2,1-2H3,(H,27,30). The van der Waals surface area contributed by atoms with Gasteiger partial charge in [0.05, 0.1) is 7.11 Å². The summed E-state index contributed by atoms with van der Waals surface area (Å²) in [6.45, 7) is 2.24. The summed E-state index contributed by atoms with van der Waals surface area (Å²) in [5, 5.41) is 3.15. The quantitative estimate of drug-likeness (QED) is 0.496. The molecule has 0 aromatic heterocycles. The third-order valence-corrected chi connectivity index (χ3v) is 6.98. The normalized spacial score (nSPS) is 14.7. The number of benzene rings is 2. The molecule has 1 fully saturated rings. The van der Waals surface area contributed by atoms with Crippen LogP contribution in [-0.4, -0.2) is 41.7 Å². The first-order valence-electron chi connectivity index (χ1n) is 11.4. The van der Waals surface area contributed by atoms with E-state index in [1.54, 1.807) is 23.8 Å². The maximum atomic E-state index is 13.2. The summed E-state index contributed by atoms with van der Waals surface area (Å²) >= 11 is 1.75. The topological polar surface area (TPSA) is 58.6 Å². The molecule has 172 valence electrons. The number of nitrogens with zero attached hydrogens (tertiary/aromatic N) is 1. The molecule has 6 heteroatoms. The van der Waals surface area contributed by atoms with Crippen molar-refractivity contribution < 1.29 is 14.3 Å². The average Bonchev–Trinajstić information content (AvgIpc) is 3.34. The van der Waals surface area contributed by atoms with Crippen molar-refractivity contribution in [3.63, 3.8) is 0 Å². The van der Waals surface area contributed by atoms with Crippen LogP contribution in [0.25, 0.3) is 0 Å². The van der Waals surface area contributed by atoms with E-state index in [1.807, 2.05) is 49.4 Å². The van der Waals surface area contributed by atoms with E-state index in [0.29, 0.717) is 13.0 Å². The lowest BCUT2D eigenvalue weighted by Gasteiger charge is -2.30. The average molecular weight is 455 g/mol. The van der Waals surface area contributed by atoms with Gasteiger partial charge in [0.2, 0.25) is 11.8 Å². The first-order valence-corrected chi connectivity index (χ1v) is 12.6. The number of carbonyl (C=O) groups is 2. The molecule has 32 heavy (non-hydrogen) atoms. The Labute approximate surface area is 195 Å². The molecule has 0 spiro atoms. The Morgan fingerprint density at radius 3 is 2.41 bits per heavy atom. The van der Waals surface area contributed by atoms with Crippen molar-refractivity contribution in [2.75, 3.05) is 12.9 Å². The number of thioether (sulfide) groups is 1. The number of rotatable bonds is 11. The second kappa shape index (κ2) is 12.5. The monoisotopic (exact) mass is 454 g/mol. The largest absolute Gasteiger partial charge is 0.497 e. The van der Waals surface area contributed by atoms with Gasteiger partial charge >= 0.3 is 0 Å². The van der Waals surface area contributed by atoms with Gasteiger partial charge in [0, 0.05) is 30.5 Å². The van der Waals surface area contributed by atoms with Crippen molar-refractivity contribution in [3.05, 3.63) is 65.7 Å². The number of hydrogen-bond donors (Lipinski definition) is 1. The Kier molecular flexibility index (Phi) is 9.47. The fourth-order valence-corrected chi connectivity index (χ4v) is 4.86. The van der Waals surface area contributed by atoms with Crippen LogP contribution in [0.5, 0.6) is 5.75 Å². The van der Waals surface area contributed by atoms with Gasteiger partial charge < -0.3 is 15.0 Å². The first kappa shape index (κ1) is 24.2. The summed E-state index contributed by atoms with van der Waals surface area (Å²) < 4.78 is 5.24. The zero-order valence-corrected chi connectivity index (χ0v) is 19.9. The summed E-state index contributed by atoms with van der Waals surface area (Å²) in [7, 11) is 1.63. The van der Waals surface area contributed by atoms with Gasteiger partial charge in [0.25, 0.3) is 0 Å². The Morgan fingerprint density at radius 1 is 1.06 bits per heavy atom. The number of amides is 2. The fraction of sp³-hybridized carbons (Fsp3) is 0.462. The molecule has 0 saturated heterocycles. The van der Waals surface area contributed by atoms with E-state index in [0.717, 1.165) is 48.5 Å². The van der Waals surface area contributed by atoms with Gasteiger partial charge in [-0.05, 0) is 43.0 Å². The van der Waals surface area contributed by atoms with Gasteiger partial charge in [-0.2, -0.15) is 11.8 Å². The Hall–Kier alpha value is -2.47. The molecule has 0 aliphatic heterocycles. The molecular weight excluding hydrogens is 420 g/mol. The molecule has 2 aromatic carbocycles. The van der Waals surface area contributed by atoms with Gasteiger partial charge in [-0.15, -0.1) is 0 Å². The minimum atomic E-state index is -0.510. The number of methoxy groups -OCH3 is 1. The molecule has 0 radical (unpaired) electrons. The highest BCUT2D eigenvalue weighted by atomic mass is 32.2. The number of hydrogen-bond acceptors (Lipinski definition) is 4. The van der Waals surface area contributed by atoms with E-state index in [2.05, 4.69) is 17.4 Å². The van der Waals surface area contributed by atoms with Crippen LogP contribution in [0.4, 0.5) is 0 Å². The first-order chi connectivity index (χ1) is 15.6. The highest BCUT2D eigenvalue weighted by Crippen LogP contribution is 2.20. The van der Waals surface area contributed by atoms with Crippen molar-refractivity contribution >= 4 is 23.6 Å². The third-order valence-electron chi connectivity index (χ3n) is 5.95. The molecule has 2 aromatic rings. The molecule has 5 nitrogen and oxygen atoms in total. The van der Waals surface area contributed by atoms with E-state index in [-0.39, 0.29) is 17.9 Å². The molecule has 1 N–H and O–H groups in total. The summed E-state index contributed by atoms with van der Waals surface area (Å²) in [5.41, 5.74) is 2.24. The Bertz CT molecular complexity index is 851. The predicted molar refractivity (Wildman–Crippen MR) is 131 cm³/mol. The van der Waals surface area contributed by atoms with Gasteiger partial charge in [-0.3, -0.25) is 9.59 Å². The Balaban J connectivity index is 1.60. The van der Waals surface area contributed by atoms with E-state index in [1.165, 1.54) is 5.56 Å². The number of carbonyl (C=O) groups excluding carboxylic acids is 2. The van der Waals surface area contributed by atoms with Crippen molar-refractivity contribution in [2.24, 2.45) is 0 Å². The van der Waals surface area contributed by atoms with E-state index in [9.17, 15) is 9.59 Å². The predicted octanol–water partition coefficient (Wildman–Crippen LogP) is 4.79. The maximum Gasteiger partial charge on any atom is 0.242 e. The zero-order valence-electron chi connectivity index (χ0n) is 19.1. The lowest BCUT2D eigenvalue weighted by Crippen LogP contribution is -2.49. The molecule has 0 heterocycles. The van der Waals surface area contributed by atoms with Gasteiger partial charge in [-0.1, -0.05) is 55.3 Å². The molecule has 1 unspecified atom stereocenters. The summed E-state index contributed by atoms with van der Waals surface area (Å²) in [5.74, 6) is 2.33. The van der Waals surface area contributed by atoms with Gasteiger partial charge in [-0.25, -0.2) is 0 Å². The van der Waals surface area contributed by atoms with E-state index < -0.39 is 6.04 Å². The lowest BCUT2D eigenvalue weighted by molar-refractivity contribution is -0.140. The molecule has 0 bridgehead atoms. The van der Waals surface area contributed by atoms with Crippen LogP contribution in [-0.2, 0) is 21.9 Å². The molecule has 1 atom stereocenters. The van der Waals surface area contributed by atoms with Crippen molar-refractivity contribution in [3.8, 4) is 5.75 Å². The van der Waals surface area contributed by atoms with Crippen LogP contribution in [0.15, 0.2) is 54.6 Å².